The van der Waals surface area contributed by atoms with Crippen LogP contribution in [0.5, 0.6) is 5.19 Å². The molecular weight excluding hydrogens is 212 g/mol. The number of hydrogen-bond acceptors (Lipinski definition) is 4. The fourth-order valence-corrected chi connectivity index (χ4v) is 2.45. The minimum Gasteiger partial charge on any atom is -0.467 e. The number of fused-ring (bicyclic) bond motifs is 1. The summed E-state index contributed by atoms with van der Waals surface area (Å²) >= 11 is 1.49. The normalized spacial score (nSPS) is 16.5. The highest BCUT2D eigenvalue weighted by Crippen LogP contribution is 2.31. The third kappa shape index (κ3) is 1.52. The Kier molecular flexibility index (Phi) is 1.98. The topological polar surface area (TPSA) is 55.0 Å². The molecule has 0 amide bonds. The van der Waals surface area contributed by atoms with Crippen molar-refractivity contribution in [2.24, 2.45) is 0 Å². The van der Waals surface area contributed by atoms with Crippen LogP contribution in [0.4, 0.5) is 0 Å². The van der Waals surface area contributed by atoms with E-state index in [0.717, 1.165) is 29.5 Å². The molecule has 1 aliphatic carbocycles. The van der Waals surface area contributed by atoms with Crippen molar-refractivity contribution >= 4 is 28.0 Å². The van der Waals surface area contributed by atoms with E-state index in [1.165, 1.54) is 17.8 Å². The van der Waals surface area contributed by atoms with Crippen LogP contribution in [-0.2, 0) is 0 Å². The number of hydrogen-bond donors (Lipinski definition) is 1. The van der Waals surface area contributed by atoms with Crippen LogP contribution >= 0.6 is 11.3 Å². The van der Waals surface area contributed by atoms with E-state index in [0.29, 0.717) is 17.0 Å². The van der Waals surface area contributed by atoms with Crippen molar-refractivity contribution in [1.82, 2.24) is 9.97 Å². The minimum absolute atomic E-state index is 0.353. The summed E-state index contributed by atoms with van der Waals surface area (Å²) in [6, 6.07) is 1.80. The first kappa shape index (κ1) is 8.91. The average molecular weight is 222 g/mol. The van der Waals surface area contributed by atoms with Gasteiger partial charge in [0.25, 0.3) is 5.19 Å². The van der Waals surface area contributed by atoms with E-state index in [9.17, 15) is 4.79 Å². The summed E-state index contributed by atoms with van der Waals surface area (Å²) in [6.07, 6.45) is 4.66. The van der Waals surface area contributed by atoms with E-state index >= 15 is 0 Å². The third-order valence-corrected chi connectivity index (χ3v) is 3.52. The maximum absolute atomic E-state index is 10.5. The number of carbonyl (C=O) groups excluding carboxylic acids is 1. The highest BCUT2D eigenvalue weighted by Gasteiger charge is 2.21. The number of H-pyrrole nitrogens is 1. The third-order valence-electron chi connectivity index (χ3n) is 2.63. The maximum Gasteiger partial charge on any atom is 0.276 e. The average Bonchev–Trinajstić information content (AvgIpc) is 2.67. The van der Waals surface area contributed by atoms with Gasteiger partial charge in [0, 0.05) is 0 Å². The summed E-state index contributed by atoms with van der Waals surface area (Å²) in [5.74, 6) is 0. The standard InChI is InChI=1S/C10H10N2O2S/c13-5-6-4-8-9(11-6)12-10(15-8)14-7-2-1-3-7/h4-5,7,11H,1-3H2. The molecule has 3 rings (SSSR count). The number of rotatable bonds is 3. The predicted octanol–water partition coefficient (Wildman–Crippen LogP) is 2.37. The van der Waals surface area contributed by atoms with Crippen molar-refractivity contribution in [1.29, 1.82) is 0 Å². The van der Waals surface area contributed by atoms with Crippen molar-refractivity contribution < 1.29 is 9.53 Å². The van der Waals surface area contributed by atoms with E-state index < -0.39 is 0 Å². The summed E-state index contributed by atoms with van der Waals surface area (Å²) in [6.45, 7) is 0. The number of aldehydes is 1. The second-order valence-electron chi connectivity index (χ2n) is 3.71. The first-order chi connectivity index (χ1) is 7.35. The quantitative estimate of drug-likeness (QED) is 0.811. The fraction of sp³-hybridized carbons (Fsp3) is 0.400. The summed E-state index contributed by atoms with van der Waals surface area (Å²) in [7, 11) is 0. The summed E-state index contributed by atoms with van der Waals surface area (Å²) in [4.78, 5) is 17.7. The van der Waals surface area contributed by atoms with Gasteiger partial charge in [-0.2, -0.15) is 4.98 Å². The van der Waals surface area contributed by atoms with Gasteiger partial charge >= 0.3 is 0 Å². The Balaban J connectivity index is 1.86. The van der Waals surface area contributed by atoms with Gasteiger partial charge < -0.3 is 9.72 Å². The second-order valence-corrected chi connectivity index (χ2v) is 4.70. The molecule has 1 aliphatic rings. The van der Waals surface area contributed by atoms with Crippen molar-refractivity contribution in [3.8, 4) is 5.19 Å². The van der Waals surface area contributed by atoms with Crippen LogP contribution in [-0.4, -0.2) is 22.4 Å². The first-order valence-electron chi connectivity index (χ1n) is 4.96. The molecule has 0 unspecified atom stereocenters. The van der Waals surface area contributed by atoms with Gasteiger partial charge in [-0.25, -0.2) is 0 Å². The Labute approximate surface area is 90.3 Å². The molecule has 0 bridgehead atoms. The van der Waals surface area contributed by atoms with E-state index in [1.54, 1.807) is 6.07 Å². The molecule has 2 heterocycles. The molecule has 0 aromatic carbocycles. The molecule has 15 heavy (non-hydrogen) atoms. The zero-order valence-corrected chi connectivity index (χ0v) is 8.84. The highest BCUT2D eigenvalue weighted by atomic mass is 32.1. The lowest BCUT2D eigenvalue weighted by molar-refractivity contribution is 0.111. The molecule has 2 aromatic heterocycles. The SMILES string of the molecule is O=Cc1cc2sc(OC3CCC3)nc2[nH]1. The van der Waals surface area contributed by atoms with Gasteiger partial charge in [0.15, 0.2) is 11.9 Å². The zero-order chi connectivity index (χ0) is 10.3. The van der Waals surface area contributed by atoms with Gasteiger partial charge in [-0.05, 0) is 25.3 Å². The summed E-state index contributed by atoms with van der Waals surface area (Å²) in [5.41, 5.74) is 1.32. The molecule has 0 saturated heterocycles. The van der Waals surface area contributed by atoms with Crippen LogP contribution < -0.4 is 4.74 Å². The summed E-state index contributed by atoms with van der Waals surface area (Å²) in [5, 5.41) is 0.707. The van der Waals surface area contributed by atoms with Crippen LogP contribution in [0.1, 0.15) is 29.8 Å². The van der Waals surface area contributed by atoms with Gasteiger partial charge in [-0.15, -0.1) is 0 Å². The monoisotopic (exact) mass is 222 g/mol. The molecular formula is C10H10N2O2S. The van der Waals surface area contributed by atoms with E-state index in [-0.39, 0.29) is 0 Å². The number of carbonyl (C=O) groups is 1. The number of aromatic amines is 1. The maximum atomic E-state index is 10.5. The van der Waals surface area contributed by atoms with Gasteiger partial charge in [-0.3, -0.25) is 4.79 Å². The number of nitrogens with one attached hydrogen (secondary N) is 1. The van der Waals surface area contributed by atoms with Crippen LogP contribution in [0.3, 0.4) is 0 Å². The number of thiazole rings is 1. The molecule has 5 heteroatoms. The van der Waals surface area contributed by atoms with Gasteiger partial charge in [0.05, 0.1) is 10.4 Å². The van der Waals surface area contributed by atoms with Gasteiger partial charge in [0.1, 0.15) is 6.10 Å². The first-order valence-corrected chi connectivity index (χ1v) is 5.78. The molecule has 78 valence electrons. The molecule has 0 radical (unpaired) electrons. The van der Waals surface area contributed by atoms with Gasteiger partial charge in [-0.1, -0.05) is 11.3 Å². The lowest BCUT2D eigenvalue weighted by Gasteiger charge is -2.24. The van der Waals surface area contributed by atoms with Crippen molar-refractivity contribution in [2.75, 3.05) is 0 Å². The number of nitrogens with zero attached hydrogens (tertiary/aromatic N) is 1. The molecule has 1 fully saturated rings. The zero-order valence-electron chi connectivity index (χ0n) is 8.03. The number of aromatic nitrogens is 2. The molecule has 0 spiro atoms. The van der Waals surface area contributed by atoms with E-state index in [4.69, 9.17) is 4.74 Å². The lowest BCUT2D eigenvalue weighted by Crippen LogP contribution is -2.24. The Morgan fingerprint density at radius 2 is 2.47 bits per heavy atom. The largest absolute Gasteiger partial charge is 0.467 e. The van der Waals surface area contributed by atoms with Gasteiger partial charge in [0.2, 0.25) is 0 Å². The molecule has 0 atom stereocenters. The Morgan fingerprint density at radius 3 is 3.07 bits per heavy atom. The van der Waals surface area contributed by atoms with Crippen LogP contribution in [0, 0.1) is 0 Å². The minimum atomic E-state index is 0.353. The van der Waals surface area contributed by atoms with Crippen LogP contribution in [0.15, 0.2) is 6.07 Å². The molecule has 1 saturated carbocycles. The van der Waals surface area contributed by atoms with Crippen molar-refractivity contribution in [2.45, 2.75) is 25.4 Å². The van der Waals surface area contributed by atoms with Crippen molar-refractivity contribution in [3.05, 3.63) is 11.8 Å². The Bertz CT molecular complexity index is 467. The summed E-state index contributed by atoms with van der Waals surface area (Å²) < 4.78 is 6.64. The molecule has 0 aliphatic heterocycles. The lowest BCUT2D eigenvalue weighted by atomic mass is 9.96. The smallest absolute Gasteiger partial charge is 0.276 e. The Hall–Kier alpha value is -1.36. The molecule has 1 N–H and O–H groups in total. The highest BCUT2D eigenvalue weighted by molar-refractivity contribution is 7.20. The van der Waals surface area contributed by atoms with Crippen LogP contribution in [0.2, 0.25) is 0 Å². The molecule has 4 nitrogen and oxygen atoms in total. The molecule has 2 aromatic rings. The fourth-order valence-electron chi connectivity index (χ4n) is 1.56. The number of ether oxygens (including phenoxy) is 1. The van der Waals surface area contributed by atoms with E-state index in [2.05, 4.69) is 9.97 Å². The van der Waals surface area contributed by atoms with E-state index in [1.807, 2.05) is 0 Å². The predicted molar refractivity (Wildman–Crippen MR) is 57.6 cm³/mol. The second kappa shape index (κ2) is 3.34. The Morgan fingerprint density at radius 1 is 1.60 bits per heavy atom. The van der Waals surface area contributed by atoms with Crippen molar-refractivity contribution in [3.63, 3.8) is 0 Å². The van der Waals surface area contributed by atoms with Crippen LogP contribution in [0.25, 0.3) is 10.3 Å².